The summed E-state index contributed by atoms with van der Waals surface area (Å²) in [5.41, 5.74) is 0.485. The monoisotopic (exact) mass is 232 g/mol. The van der Waals surface area contributed by atoms with Crippen LogP contribution in [0.4, 0.5) is 0 Å². The minimum Gasteiger partial charge on any atom is -0.386 e. The van der Waals surface area contributed by atoms with Gasteiger partial charge in [0.25, 0.3) is 0 Å². The van der Waals surface area contributed by atoms with Gasteiger partial charge in [-0.15, -0.1) is 0 Å². The second-order valence-corrected chi connectivity index (χ2v) is 6.04. The molecule has 0 fully saturated rings. The van der Waals surface area contributed by atoms with Gasteiger partial charge >= 0.3 is 0 Å². The van der Waals surface area contributed by atoms with Crippen LogP contribution in [0.3, 0.4) is 0 Å². The molecule has 0 aliphatic carbocycles. The highest BCUT2D eigenvalue weighted by molar-refractivity contribution is 7.94. The number of aliphatic hydroxyl groups is 1. The van der Waals surface area contributed by atoms with E-state index < -0.39 is 15.5 Å². The van der Waals surface area contributed by atoms with Crippen LogP contribution in [0, 0.1) is 4.78 Å². The zero-order valence-electron chi connectivity index (χ0n) is 9.92. The molecule has 0 radical (unpaired) electrons. The lowest BCUT2D eigenvalue weighted by Crippen LogP contribution is -2.20. The van der Waals surface area contributed by atoms with Crippen LogP contribution in [0.1, 0.15) is 34.6 Å². The first-order valence-corrected chi connectivity index (χ1v) is 6.23. The van der Waals surface area contributed by atoms with Crippen molar-refractivity contribution in [3.8, 4) is 0 Å². The Morgan fingerprint density at radius 2 is 1.80 bits per heavy atom. The Kier molecular flexibility index (Phi) is 4.27. The minimum absolute atomic E-state index is 0.339. The van der Waals surface area contributed by atoms with Crippen molar-refractivity contribution in [3.63, 3.8) is 0 Å². The number of nitrogens with two attached hydrogens (primary N) is 1. The largest absolute Gasteiger partial charge is 0.386 e. The SMILES string of the molecule is C/C(=C\C(C)=C(/C)S(=N)(N)=O)C(C)(C)O. The molecule has 0 aromatic rings. The van der Waals surface area contributed by atoms with Crippen molar-refractivity contribution < 1.29 is 9.32 Å². The van der Waals surface area contributed by atoms with E-state index in [9.17, 15) is 9.32 Å². The Morgan fingerprint density at radius 1 is 1.40 bits per heavy atom. The third-order valence-corrected chi connectivity index (χ3v) is 3.64. The molecule has 4 N–H and O–H groups in total. The summed E-state index contributed by atoms with van der Waals surface area (Å²) < 4.78 is 18.5. The minimum atomic E-state index is -3.14. The van der Waals surface area contributed by atoms with E-state index in [1.54, 1.807) is 40.7 Å². The molecule has 0 aromatic carbocycles. The van der Waals surface area contributed by atoms with E-state index in [4.69, 9.17) is 9.92 Å². The van der Waals surface area contributed by atoms with Crippen LogP contribution in [-0.4, -0.2) is 14.9 Å². The molecular formula is C10H20N2O2S. The van der Waals surface area contributed by atoms with Gasteiger partial charge in [-0.25, -0.2) is 14.1 Å². The molecule has 1 atom stereocenters. The molecule has 0 saturated heterocycles. The van der Waals surface area contributed by atoms with Crippen LogP contribution in [0.25, 0.3) is 0 Å². The fourth-order valence-corrected chi connectivity index (χ4v) is 1.38. The predicted molar refractivity (Wildman–Crippen MR) is 63.5 cm³/mol. The molecule has 5 heteroatoms. The number of nitrogens with one attached hydrogen (secondary N) is 1. The molecule has 0 heterocycles. The average molecular weight is 232 g/mol. The van der Waals surface area contributed by atoms with Crippen LogP contribution >= 0.6 is 0 Å². The van der Waals surface area contributed by atoms with Crippen LogP contribution in [0.15, 0.2) is 22.1 Å². The summed E-state index contributed by atoms with van der Waals surface area (Å²) in [5, 5.41) is 14.9. The van der Waals surface area contributed by atoms with E-state index in [2.05, 4.69) is 0 Å². The van der Waals surface area contributed by atoms with Crippen LogP contribution in [-0.2, 0) is 9.92 Å². The zero-order chi connectivity index (χ0) is 12.4. The zero-order valence-corrected chi connectivity index (χ0v) is 10.7. The lowest BCUT2D eigenvalue weighted by atomic mass is 9.98. The molecule has 0 saturated carbocycles. The molecule has 0 aliphatic heterocycles. The van der Waals surface area contributed by atoms with E-state index in [-0.39, 0.29) is 0 Å². The van der Waals surface area contributed by atoms with Crippen molar-refractivity contribution in [2.45, 2.75) is 40.2 Å². The molecular weight excluding hydrogens is 212 g/mol. The maximum atomic E-state index is 11.3. The highest BCUT2D eigenvalue weighted by Gasteiger charge is 2.15. The van der Waals surface area contributed by atoms with Gasteiger partial charge in [0.15, 0.2) is 0 Å². The fraction of sp³-hybridized carbons (Fsp3) is 0.600. The Balaban J connectivity index is 5.33. The lowest BCUT2D eigenvalue weighted by Gasteiger charge is -2.18. The van der Waals surface area contributed by atoms with Crippen molar-refractivity contribution in [2.24, 2.45) is 5.14 Å². The highest BCUT2D eigenvalue weighted by Crippen LogP contribution is 2.19. The smallest absolute Gasteiger partial charge is 0.128 e. The van der Waals surface area contributed by atoms with E-state index in [1.165, 1.54) is 0 Å². The highest BCUT2D eigenvalue weighted by atomic mass is 32.2. The molecule has 0 amide bonds. The molecule has 1 unspecified atom stereocenters. The van der Waals surface area contributed by atoms with Gasteiger partial charge in [0.1, 0.15) is 9.92 Å². The van der Waals surface area contributed by atoms with E-state index in [1.807, 2.05) is 0 Å². The second-order valence-electron chi connectivity index (χ2n) is 4.23. The predicted octanol–water partition coefficient (Wildman–Crippen LogP) is 1.92. The van der Waals surface area contributed by atoms with Crippen molar-refractivity contribution in [1.82, 2.24) is 0 Å². The molecule has 0 bridgehead atoms. The number of hydrogen-bond acceptors (Lipinski definition) is 3. The third kappa shape index (κ3) is 4.59. The quantitative estimate of drug-likeness (QED) is 0.649. The summed E-state index contributed by atoms with van der Waals surface area (Å²) in [6.07, 6.45) is 1.70. The first kappa shape index (κ1) is 14.3. The molecule has 0 aliphatic rings. The van der Waals surface area contributed by atoms with Gasteiger partial charge in [-0.05, 0) is 45.8 Å². The lowest BCUT2D eigenvalue weighted by molar-refractivity contribution is 0.120. The second kappa shape index (κ2) is 4.47. The molecule has 0 spiro atoms. The number of rotatable bonds is 3. The van der Waals surface area contributed by atoms with Gasteiger partial charge in [-0.2, -0.15) is 0 Å². The maximum Gasteiger partial charge on any atom is 0.128 e. The summed E-state index contributed by atoms with van der Waals surface area (Å²) in [6, 6.07) is 0. The Hall–Kier alpha value is -0.650. The van der Waals surface area contributed by atoms with Crippen molar-refractivity contribution in [2.75, 3.05) is 0 Å². The number of hydrogen-bond donors (Lipinski definition) is 3. The van der Waals surface area contributed by atoms with Crippen LogP contribution in [0.2, 0.25) is 0 Å². The summed E-state index contributed by atoms with van der Waals surface area (Å²) in [6.45, 7) is 8.41. The summed E-state index contributed by atoms with van der Waals surface area (Å²) in [7, 11) is -3.14. The van der Waals surface area contributed by atoms with Gasteiger partial charge in [0.2, 0.25) is 0 Å². The molecule has 0 aromatic heterocycles. The third-order valence-electron chi connectivity index (χ3n) is 2.41. The van der Waals surface area contributed by atoms with Gasteiger partial charge in [0.05, 0.1) is 5.60 Å². The number of allylic oxidation sites excluding steroid dienone is 3. The summed E-state index contributed by atoms with van der Waals surface area (Å²) in [4.78, 5) is 0.339. The summed E-state index contributed by atoms with van der Waals surface area (Å²) >= 11 is 0. The van der Waals surface area contributed by atoms with Crippen LogP contribution in [0.5, 0.6) is 0 Å². The Morgan fingerprint density at radius 3 is 2.07 bits per heavy atom. The van der Waals surface area contributed by atoms with Crippen molar-refractivity contribution in [3.05, 3.63) is 22.1 Å². The normalized spacial score (nSPS) is 19.5. The Labute approximate surface area is 92.0 Å². The topological polar surface area (TPSA) is 87.2 Å². The van der Waals surface area contributed by atoms with Gasteiger partial charge < -0.3 is 5.11 Å². The molecule has 0 rings (SSSR count). The van der Waals surface area contributed by atoms with Crippen molar-refractivity contribution in [1.29, 1.82) is 4.78 Å². The van der Waals surface area contributed by atoms with Gasteiger partial charge in [-0.3, -0.25) is 0 Å². The van der Waals surface area contributed by atoms with E-state index in [0.29, 0.717) is 10.5 Å². The van der Waals surface area contributed by atoms with Crippen LogP contribution < -0.4 is 5.14 Å². The van der Waals surface area contributed by atoms with E-state index in [0.717, 1.165) is 5.57 Å². The fourth-order valence-electron chi connectivity index (χ4n) is 0.842. The molecule has 88 valence electrons. The van der Waals surface area contributed by atoms with Gasteiger partial charge in [-0.1, -0.05) is 6.08 Å². The summed E-state index contributed by atoms with van der Waals surface area (Å²) in [5.74, 6) is 0. The molecule has 15 heavy (non-hydrogen) atoms. The standard InChI is InChI=1S/C10H20N2O2S/c1-7(9(3)15(11,12)14)6-8(2)10(4,5)13/h6,13H,1-5H3,(H3,11,12,14)/b8-6+,9-7+. The van der Waals surface area contributed by atoms with Crippen molar-refractivity contribution >= 4 is 9.92 Å². The first-order valence-electron chi connectivity index (χ1n) is 4.61. The Bertz CT molecular complexity index is 398. The van der Waals surface area contributed by atoms with Gasteiger partial charge in [0, 0.05) is 4.91 Å². The van der Waals surface area contributed by atoms with E-state index >= 15 is 0 Å². The first-order chi connectivity index (χ1) is 6.46. The molecule has 4 nitrogen and oxygen atoms in total. The maximum absolute atomic E-state index is 11.3. The average Bonchev–Trinajstić information content (AvgIpc) is 1.99.